The van der Waals surface area contributed by atoms with E-state index in [9.17, 15) is 4.79 Å². The summed E-state index contributed by atoms with van der Waals surface area (Å²) in [6, 6.07) is 18.6. The van der Waals surface area contributed by atoms with Crippen LogP contribution in [-0.4, -0.2) is 15.3 Å². The summed E-state index contributed by atoms with van der Waals surface area (Å²) in [7, 11) is 0. The molecule has 32 heavy (non-hydrogen) atoms. The third kappa shape index (κ3) is 4.75. The molecule has 0 radical (unpaired) electrons. The zero-order valence-electron chi connectivity index (χ0n) is 19.4. The van der Waals surface area contributed by atoms with E-state index in [1.165, 1.54) is 29.5 Å². The number of nitrogens with zero attached hydrogens (tertiary/aromatic N) is 2. The zero-order chi connectivity index (χ0) is 22.7. The van der Waals surface area contributed by atoms with Crippen molar-refractivity contribution in [2.75, 3.05) is 5.32 Å². The first-order chi connectivity index (χ1) is 15.4. The first-order valence-electron chi connectivity index (χ1n) is 11.4. The van der Waals surface area contributed by atoms with Gasteiger partial charge in [0.25, 0.3) is 0 Å². The van der Waals surface area contributed by atoms with Crippen LogP contribution >= 0.6 is 0 Å². The number of unbranched alkanes of at least 4 members (excludes halogenated alkanes) is 1. The average molecular weight is 426 g/mol. The lowest BCUT2D eigenvalue weighted by Crippen LogP contribution is -2.16. The molecule has 0 saturated carbocycles. The number of aryl methyl sites for hydroxylation is 4. The molecule has 0 saturated heterocycles. The molecular formula is C28H31N3O. The van der Waals surface area contributed by atoms with Gasteiger partial charge in [-0.1, -0.05) is 37.6 Å². The van der Waals surface area contributed by atoms with Gasteiger partial charge in [0.05, 0.1) is 17.8 Å². The molecule has 0 fully saturated rings. The van der Waals surface area contributed by atoms with Crippen LogP contribution in [0.2, 0.25) is 0 Å². The summed E-state index contributed by atoms with van der Waals surface area (Å²) in [5, 5.41) is 3.06. The minimum atomic E-state index is -0.0428. The van der Waals surface area contributed by atoms with Crippen molar-refractivity contribution < 1.29 is 4.79 Å². The third-order valence-electron chi connectivity index (χ3n) is 6.05. The molecule has 2 heterocycles. The molecular weight excluding hydrogens is 394 g/mol. The molecule has 4 rings (SSSR count). The molecule has 0 bridgehead atoms. The minimum Gasteiger partial charge on any atom is -0.326 e. The molecule has 0 spiro atoms. The van der Waals surface area contributed by atoms with Gasteiger partial charge in [-0.25, -0.2) is 4.98 Å². The monoisotopic (exact) mass is 425 g/mol. The fourth-order valence-corrected chi connectivity index (χ4v) is 3.98. The van der Waals surface area contributed by atoms with Gasteiger partial charge in [-0.15, -0.1) is 0 Å². The first kappa shape index (κ1) is 21.8. The van der Waals surface area contributed by atoms with Crippen molar-refractivity contribution in [3.8, 4) is 11.3 Å². The molecule has 1 amide bonds. The van der Waals surface area contributed by atoms with E-state index in [2.05, 4.69) is 75.5 Å². The second kappa shape index (κ2) is 9.39. The van der Waals surface area contributed by atoms with Gasteiger partial charge in [0.1, 0.15) is 5.65 Å². The summed E-state index contributed by atoms with van der Waals surface area (Å²) in [6.07, 6.45) is 5.70. The smallest absolute Gasteiger partial charge is 0.230 e. The minimum absolute atomic E-state index is 0.0428. The van der Waals surface area contributed by atoms with Gasteiger partial charge in [-0.05, 0) is 86.2 Å². The van der Waals surface area contributed by atoms with Gasteiger partial charge in [0.2, 0.25) is 5.91 Å². The van der Waals surface area contributed by atoms with Crippen LogP contribution < -0.4 is 5.32 Å². The predicted molar refractivity (Wildman–Crippen MR) is 132 cm³/mol. The van der Waals surface area contributed by atoms with Crippen molar-refractivity contribution in [3.05, 3.63) is 88.7 Å². The molecule has 4 aromatic rings. The maximum atomic E-state index is 13.0. The van der Waals surface area contributed by atoms with Crippen LogP contribution in [0.3, 0.4) is 0 Å². The van der Waals surface area contributed by atoms with Gasteiger partial charge in [-0.2, -0.15) is 0 Å². The van der Waals surface area contributed by atoms with E-state index in [0.29, 0.717) is 0 Å². The normalized spacial score (nSPS) is 11.1. The first-order valence-corrected chi connectivity index (χ1v) is 11.4. The second-order valence-corrected chi connectivity index (χ2v) is 8.66. The van der Waals surface area contributed by atoms with Crippen molar-refractivity contribution in [2.24, 2.45) is 0 Å². The van der Waals surface area contributed by atoms with E-state index in [4.69, 9.17) is 4.98 Å². The lowest BCUT2D eigenvalue weighted by molar-refractivity contribution is -0.115. The Bertz CT molecular complexity index is 1250. The number of amides is 1. The van der Waals surface area contributed by atoms with Crippen molar-refractivity contribution in [1.82, 2.24) is 9.38 Å². The van der Waals surface area contributed by atoms with Crippen LogP contribution in [-0.2, 0) is 17.6 Å². The van der Waals surface area contributed by atoms with Crippen molar-refractivity contribution in [3.63, 3.8) is 0 Å². The summed E-state index contributed by atoms with van der Waals surface area (Å²) >= 11 is 0. The molecule has 0 aliphatic heterocycles. The van der Waals surface area contributed by atoms with E-state index >= 15 is 0 Å². The second-order valence-electron chi connectivity index (χ2n) is 8.66. The number of hydrogen-bond acceptors (Lipinski definition) is 2. The SMILES string of the molecule is CCCCc1ccc(NC(=O)Cc2c(-c3ccc(C)c(C)c3)nc3cc(C)ccn23)cc1. The van der Waals surface area contributed by atoms with Gasteiger partial charge in [-0.3, -0.25) is 4.79 Å². The highest BCUT2D eigenvalue weighted by Crippen LogP contribution is 2.27. The third-order valence-corrected chi connectivity index (χ3v) is 6.05. The number of fused-ring (bicyclic) bond motifs is 1. The number of carbonyl (C=O) groups is 1. The number of aromatic nitrogens is 2. The van der Waals surface area contributed by atoms with Gasteiger partial charge in [0.15, 0.2) is 0 Å². The highest BCUT2D eigenvalue weighted by Gasteiger charge is 2.18. The van der Waals surface area contributed by atoms with Gasteiger partial charge in [0, 0.05) is 17.4 Å². The number of benzene rings is 2. The van der Waals surface area contributed by atoms with Crippen LogP contribution in [0.4, 0.5) is 5.69 Å². The van der Waals surface area contributed by atoms with Crippen molar-refractivity contribution in [2.45, 2.75) is 53.4 Å². The Kier molecular flexibility index (Phi) is 6.40. The maximum absolute atomic E-state index is 13.0. The van der Waals surface area contributed by atoms with E-state index in [1.807, 2.05) is 22.7 Å². The molecule has 0 atom stereocenters. The zero-order valence-corrected chi connectivity index (χ0v) is 19.4. The lowest BCUT2D eigenvalue weighted by atomic mass is 10.0. The number of nitrogens with one attached hydrogen (secondary N) is 1. The Hall–Kier alpha value is -3.40. The summed E-state index contributed by atoms with van der Waals surface area (Å²) in [4.78, 5) is 17.9. The molecule has 0 unspecified atom stereocenters. The standard InChI is InChI=1S/C28H31N3O/c1-5-6-7-22-9-12-24(13-10-22)29-27(32)18-25-28(23-11-8-20(3)21(4)17-23)30-26-16-19(2)14-15-31(25)26/h8-17H,5-7,18H2,1-4H3,(H,29,32). The predicted octanol–water partition coefficient (Wildman–Crippen LogP) is 6.45. The van der Waals surface area contributed by atoms with Crippen molar-refractivity contribution in [1.29, 1.82) is 0 Å². The topological polar surface area (TPSA) is 46.4 Å². The van der Waals surface area contributed by atoms with Gasteiger partial charge < -0.3 is 9.72 Å². The van der Waals surface area contributed by atoms with Crippen LogP contribution in [0.1, 0.15) is 47.7 Å². The fraction of sp³-hybridized carbons (Fsp3) is 0.286. The molecule has 164 valence electrons. The summed E-state index contributed by atoms with van der Waals surface area (Å²) in [5.74, 6) is -0.0428. The molecule has 4 heteroatoms. The molecule has 1 N–H and O–H groups in total. The van der Waals surface area contributed by atoms with Crippen LogP contribution in [0.5, 0.6) is 0 Å². The molecule has 0 aliphatic rings. The van der Waals surface area contributed by atoms with E-state index in [1.54, 1.807) is 0 Å². The number of rotatable bonds is 7. The van der Waals surface area contributed by atoms with E-state index < -0.39 is 0 Å². The number of imidazole rings is 1. The van der Waals surface area contributed by atoms with Crippen molar-refractivity contribution >= 4 is 17.2 Å². The summed E-state index contributed by atoms with van der Waals surface area (Å²) < 4.78 is 2.03. The van der Waals surface area contributed by atoms with E-state index in [-0.39, 0.29) is 12.3 Å². The lowest BCUT2D eigenvalue weighted by Gasteiger charge is -2.09. The Balaban J connectivity index is 1.62. The van der Waals surface area contributed by atoms with Gasteiger partial charge >= 0.3 is 0 Å². The Morgan fingerprint density at radius 1 is 0.969 bits per heavy atom. The summed E-state index contributed by atoms with van der Waals surface area (Å²) in [6.45, 7) is 8.46. The van der Waals surface area contributed by atoms with E-state index in [0.717, 1.165) is 40.3 Å². The Morgan fingerprint density at radius 2 is 1.75 bits per heavy atom. The fourth-order valence-electron chi connectivity index (χ4n) is 3.98. The molecule has 2 aromatic heterocycles. The van der Waals surface area contributed by atoms with Crippen LogP contribution in [0, 0.1) is 20.8 Å². The molecule has 4 nitrogen and oxygen atoms in total. The van der Waals surface area contributed by atoms with Crippen LogP contribution in [0.15, 0.2) is 60.8 Å². The number of anilines is 1. The highest BCUT2D eigenvalue weighted by atomic mass is 16.1. The summed E-state index contributed by atoms with van der Waals surface area (Å²) in [5.41, 5.74) is 9.41. The number of pyridine rings is 1. The molecule has 2 aromatic carbocycles. The quantitative estimate of drug-likeness (QED) is 0.370. The number of carbonyl (C=O) groups excluding carboxylic acids is 1. The maximum Gasteiger partial charge on any atom is 0.230 e. The average Bonchev–Trinajstić information content (AvgIpc) is 3.12. The Morgan fingerprint density at radius 3 is 2.47 bits per heavy atom. The number of hydrogen-bond donors (Lipinski definition) is 1. The van der Waals surface area contributed by atoms with Crippen LogP contribution in [0.25, 0.3) is 16.9 Å². The highest BCUT2D eigenvalue weighted by molar-refractivity contribution is 5.93. The molecule has 0 aliphatic carbocycles. The Labute approximate surface area is 190 Å². The largest absolute Gasteiger partial charge is 0.326 e.